The van der Waals surface area contributed by atoms with Gasteiger partial charge in [0.1, 0.15) is 18.1 Å². The molecule has 1 aliphatic carbocycles. The van der Waals surface area contributed by atoms with Gasteiger partial charge in [-0.15, -0.1) is 0 Å². The Bertz CT molecular complexity index is 1010. The first-order valence-corrected chi connectivity index (χ1v) is 13.0. The smallest absolute Gasteiger partial charge is 0.119 e. The third kappa shape index (κ3) is 5.64. The van der Waals surface area contributed by atoms with Crippen LogP contribution in [-0.2, 0) is 6.42 Å². The summed E-state index contributed by atoms with van der Waals surface area (Å²) in [7, 11) is 1.75. The van der Waals surface area contributed by atoms with Gasteiger partial charge in [-0.1, -0.05) is 62.4 Å². The number of methoxy groups -OCH3 is 1. The minimum absolute atomic E-state index is 0.339. The van der Waals surface area contributed by atoms with Gasteiger partial charge in [-0.05, 0) is 91.2 Å². The summed E-state index contributed by atoms with van der Waals surface area (Å²) >= 11 is 0. The van der Waals surface area contributed by atoms with Gasteiger partial charge in [0, 0.05) is 12.5 Å². The van der Waals surface area contributed by atoms with Gasteiger partial charge in [0.2, 0.25) is 0 Å². The molecular weight excluding hydrogens is 418 g/mol. The van der Waals surface area contributed by atoms with Crippen LogP contribution in [0.15, 0.2) is 72.8 Å². The Balaban J connectivity index is 0.00000133. The molecule has 1 heterocycles. The largest absolute Gasteiger partial charge is 0.497 e. The monoisotopic (exact) mass is 457 g/mol. The van der Waals surface area contributed by atoms with Crippen molar-refractivity contribution in [2.75, 3.05) is 33.4 Å². The summed E-state index contributed by atoms with van der Waals surface area (Å²) in [5, 5.41) is 0. The molecule has 180 valence electrons. The Morgan fingerprint density at radius 2 is 1.53 bits per heavy atom. The maximum atomic E-state index is 6.06. The van der Waals surface area contributed by atoms with E-state index in [1.807, 2.05) is 13.8 Å². The molecule has 34 heavy (non-hydrogen) atoms. The first-order chi connectivity index (χ1) is 16.8. The van der Waals surface area contributed by atoms with Crippen molar-refractivity contribution < 1.29 is 9.47 Å². The normalized spacial score (nSPS) is 19.6. The highest BCUT2D eigenvalue weighted by Gasteiger charge is 2.32. The molecule has 0 radical (unpaired) electrons. The molecule has 0 saturated carbocycles. The van der Waals surface area contributed by atoms with Crippen molar-refractivity contribution in [2.45, 2.75) is 51.4 Å². The van der Waals surface area contributed by atoms with E-state index in [-0.39, 0.29) is 0 Å². The van der Waals surface area contributed by atoms with Crippen molar-refractivity contribution in [3.63, 3.8) is 0 Å². The molecule has 1 fully saturated rings. The van der Waals surface area contributed by atoms with Crippen molar-refractivity contribution in [1.82, 2.24) is 4.90 Å². The fraction of sp³-hybridized carbons (Fsp3) is 0.419. The predicted octanol–water partition coefficient (Wildman–Crippen LogP) is 7.06. The molecule has 0 bridgehead atoms. The highest BCUT2D eigenvalue weighted by molar-refractivity contribution is 5.48. The van der Waals surface area contributed by atoms with Gasteiger partial charge in [-0.2, -0.15) is 0 Å². The molecule has 2 unspecified atom stereocenters. The lowest BCUT2D eigenvalue weighted by molar-refractivity contribution is 0.237. The van der Waals surface area contributed by atoms with Crippen molar-refractivity contribution >= 4 is 0 Å². The van der Waals surface area contributed by atoms with E-state index < -0.39 is 0 Å². The standard InChI is InChI=1S/C29H33NO2.C2H6/c1-31-26-14-16-28-24(21-26)11-15-27(22-7-3-2-4-8-22)29(28)23-9-12-25(13-10-23)32-20-19-30-17-5-6-18-30;1-2/h2-4,7-10,12-14,16,21,27,29H,5-6,11,15,17-20H2,1H3;1-2H3. The van der Waals surface area contributed by atoms with E-state index in [2.05, 4.69) is 77.7 Å². The molecule has 0 spiro atoms. The molecule has 0 N–H and O–H groups in total. The van der Waals surface area contributed by atoms with Crippen LogP contribution in [0.5, 0.6) is 11.5 Å². The quantitative estimate of drug-likeness (QED) is 0.379. The molecule has 1 aliphatic heterocycles. The van der Waals surface area contributed by atoms with Crippen LogP contribution < -0.4 is 9.47 Å². The Morgan fingerprint density at radius 1 is 0.824 bits per heavy atom. The molecule has 2 atom stereocenters. The summed E-state index contributed by atoms with van der Waals surface area (Å²) in [5.41, 5.74) is 5.61. The number of likely N-dealkylation sites (tertiary alicyclic amines) is 1. The van der Waals surface area contributed by atoms with Crippen molar-refractivity contribution in [1.29, 1.82) is 0 Å². The summed E-state index contributed by atoms with van der Waals surface area (Å²) in [5.74, 6) is 2.72. The fourth-order valence-electron chi connectivity index (χ4n) is 5.46. The van der Waals surface area contributed by atoms with Crippen molar-refractivity contribution in [3.05, 3.63) is 95.1 Å². The summed E-state index contributed by atoms with van der Waals surface area (Å²) in [4.78, 5) is 2.49. The van der Waals surface area contributed by atoms with Gasteiger partial charge >= 0.3 is 0 Å². The first kappa shape index (κ1) is 24.3. The number of rotatable bonds is 7. The van der Waals surface area contributed by atoms with Gasteiger partial charge in [-0.3, -0.25) is 4.90 Å². The fourth-order valence-corrected chi connectivity index (χ4v) is 5.46. The zero-order chi connectivity index (χ0) is 23.8. The lowest BCUT2D eigenvalue weighted by atomic mass is 9.69. The average Bonchev–Trinajstić information content (AvgIpc) is 3.43. The van der Waals surface area contributed by atoms with Crippen molar-refractivity contribution in [2.24, 2.45) is 0 Å². The molecule has 3 aromatic rings. The Hall–Kier alpha value is -2.78. The van der Waals surface area contributed by atoms with Crippen LogP contribution >= 0.6 is 0 Å². The van der Waals surface area contributed by atoms with Gasteiger partial charge in [-0.25, -0.2) is 0 Å². The Kier molecular flexibility index (Phi) is 8.65. The van der Waals surface area contributed by atoms with E-state index in [0.29, 0.717) is 11.8 Å². The zero-order valence-electron chi connectivity index (χ0n) is 21.0. The molecule has 5 rings (SSSR count). The highest BCUT2D eigenvalue weighted by atomic mass is 16.5. The third-order valence-electron chi connectivity index (χ3n) is 7.15. The third-order valence-corrected chi connectivity index (χ3v) is 7.15. The number of hydrogen-bond donors (Lipinski definition) is 0. The molecule has 3 nitrogen and oxygen atoms in total. The number of benzene rings is 3. The predicted molar refractivity (Wildman–Crippen MR) is 141 cm³/mol. The lowest BCUT2D eigenvalue weighted by Gasteiger charge is -2.35. The highest BCUT2D eigenvalue weighted by Crippen LogP contribution is 2.47. The molecule has 3 heteroatoms. The average molecular weight is 458 g/mol. The number of ether oxygens (including phenoxy) is 2. The zero-order valence-corrected chi connectivity index (χ0v) is 21.0. The van der Waals surface area contributed by atoms with E-state index >= 15 is 0 Å². The SMILES string of the molecule is CC.COc1ccc2c(c1)CCC(c1ccccc1)C2c1ccc(OCCN2CCCC2)cc1. The molecule has 2 aliphatic rings. The molecule has 0 aromatic heterocycles. The second-order valence-electron chi connectivity index (χ2n) is 9.06. The minimum atomic E-state index is 0.339. The van der Waals surface area contributed by atoms with Crippen LogP contribution in [0, 0.1) is 0 Å². The van der Waals surface area contributed by atoms with Gasteiger partial charge in [0.15, 0.2) is 0 Å². The summed E-state index contributed by atoms with van der Waals surface area (Å²) in [6, 6.07) is 26.4. The van der Waals surface area contributed by atoms with Crippen LogP contribution in [0.25, 0.3) is 0 Å². The van der Waals surface area contributed by atoms with E-state index in [0.717, 1.165) is 37.5 Å². The second-order valence-corrected chi connectivity index (χ2v) is 9.06. The maximum Gasteiger partial charge on any atom is 0.119 e. The van der Waals surface area contributed by atoms with Crippen LogP contribution in [0.1, 0.15) is 67.2 Å². The summed E-state index contributed by atoms with van der Waals surface area (Å²) in [6.07, 6.45) is 4.88. The van der Waals surface area contributed by atoms with E-state index in [1.54, 1.807) is 7.11 Å². The molecule has 0 amide bonds. The second kappa shape index (κ2) is 12.1. The Morgan fingerprint density at radius 3 is 2.24 bits per heavy atom. The van der Waals surface area contributed by atoms with Crippen LogP contribution in [0.2, 0.25) is 0 Å². The van der Waals surface area contributed by atoms with Crippen LogP contribution in [0.4, 0.5) is 0 Å². The summed E-state index contributed by atoms with van der Waals surface area (Å²) in [6.45, 7) is 8.22. The van der Waals surface area contributed by atoms with E-state index in [1.165, 1.54) is 48.2 Å². The van der Waals surface area contributed by atoms with Crippen molar-refractivity contribution in [3.8, 4) is 11.5 Å². The topological polar surface area (TPSA) is 21.7 Å². The molecule has 3 aromatic carbocycles. The molecule has 1 saturated heterocycles. The molecular formula is C31H39NO2. The number of aryl methyl sites for hydroxylation is 1. The lowest BCUT2D eigenvalue weighted by Crippen LogP contribution is -2.25. The van der Waals surface area contributed by atoms with Crippen LogP contribution in [0.3, 0.4) is 0 Å². The maximum absolute atomic E-state index is 6.06. The number of nitrogens with zero attached hydrogens (tertiary/aromatic N) is 1. The van der Waals surface area contributed by atoms with E-state index in [9.17, 15) is 0 Å². The van der Waals surface area contributed by atoms with Gasteiger partial charge < -0.3 is 9.47 Å². The Labute approximate surface area is 205 Å². The van der Waals surface area contributed by atoms with Crippen LogP contribution in [-0.4, -0.2) is 38.3 Å². The van der Waals surface area contributed by atoms with Gasteiger partial charge in [0.05, 0.1) is 7.11 Å². The van der Waals surface area contributed by atoms with E-state index in [4.69, 9.17) is 9.47 Å². The number of hydrogen-bond acceptors (Lipinski definition) is 3. The first-order valence-electron chi connectivity index (χ1n) is 13.0. The summed E-state index contributed by atoms with van der Waals surface area (Å²) < 4.78 is 11.6. The minimum Gasteiger partial charge on any atom is -0.497 e. The van der Waals surface area contributed by atoms with Gasteiger partial charge in [0.25, 0.3) is 0 Å². The number of fused-ring (bicyclic) bond motifs is 1.